The lowest BCUT2D eigenvalue weighted by atomic mass is 10.2. The number of aromatic nitrogens is 3. The highest BCUT2D eigenvalue weighted by Crippen LogP contribution is 2.48. The van der Waals surface area contributed by atoms with Gasteiger partial charge in [-0.2, -0.15) is 0 Å². The number of benzene rings is 1. The third kappa shape index (κ3) is 3.51. The fourth-order valence-corrected chi connectivity index (χ4v) is 4.42. The molecule has 11 heteroatoms. The number of carbonyl (C=O) groups is 3. The molecule has 1 aromatic carbocycles. The molecule has 3 heterocycles. The van der Waals surface area contributed by atoms with Gasteiger partial charge < -0.3 is 30.4 Å². The van der Waals surface area contributed by atoms with Crippen LogP contribution in [-0.4, -0.2) is 60.8 Å². The molecule has 166 valence electrons. The second-order valence-electron chi connectivity index (χ2n) is 8.07. The number of primary amides is 1. The van der Waals surface area contributed by atoms with Gasteiger partial charge in [0.05, 0.1) is 24.1 Å². The Morgan fingerprint density at radius 3 is 2.84 bits per heavy atom. The first-order chi connectivity index (χ1) is 15.4. The van der Waals surface area contributed by atoms with Crippen LogP contribution in [0.1, 0.15) is 12.8 Å². The van der Waals surface area contributed by atoms with Crippen molar-refractivity contribution in [3.8, 4) is 5.75 Å². The molecule has 2 aliphatic rings. The summed E-state index contributed by atoms with van der Waals surface area (Å²) >= 11 is 0. The molecular weight excluding hydrogens is 416 g/mol. The maximum Gasteiger partial charge on any atom is 0.326 e. The summed E-state index contributed by atoms with van der Waals surface area (Å²) in [6, 6.07) is 3.03. The van der Waals surface area contributed by atoms with Crippen molar-refractivity contribution < 1.29 is 24.2 Å². The minimum atomic E-state index is -1.01. The summed E-state index contributed by atoms with van der Waals surface area (Å²) in [7, 11) is 0. The van der Waals surface area contributed by atoms with Crippen molar-refractivity contribution >= 4 is 34.6 Å². The number of nitrogens with zero attached hydrogens (tertiary/aromatic N) is 4. The van der Waals surface area contributed by atoms with E-state index in [1.54, 1.807) is 30.7 Å². The number of piperidine rings is 1. The Labute approximate surface area is 182 Å². The maximum atomic E-state index is 13.0. The van der Waals surface area contributed by atoms with Crippen LogP contribution < -0.4 is 15.8 Å². The zero-order valence-electron chi connectivity index (χ0n) is 17.0. The van der Waals surface area contributed by atoms with Crippen molar-refractivity contribution in [2.45, 2.75) is 31.5 Å². The third-order valence-electron chi connectivity index (χ3n) is 6.06. The summed E-state index contributed by atoms with van der Waals surface area (Å²) in [5.74, 6) is -0.216. The first-order valence-electron chi connectivity index (χ1n) is 10.3. The molecule has 3 amide bonds. The van der Waals surface area contributed by atoms with Crippen molar-refractivity contribution in [1.29, 1.82) is 0 Å². The van der Waals surface area contributed by atoms with Gasteiger partial charge in [0, 0.05) is 30.0 Å². The van der Waals surface area contributed by atoms with E-state index in [1.807, 2.05) is 10.8 Å². The Morgan fingerprint density at radius 1 is 1.28 bits per heavy atom. The summed E-state index contributed by atoms with van der Waals surface area (Å²) in [6.07, 6.45) is 7.93. The normalized spacial score (nSPS) is 21.4. The predicted octanol–water partition coefficient (Wildman–Crippen LogP) is 1.92. The molecular formula is C21H22N6O5. The Kier molecular flexibility index (Phi) is 4.72. The van der Waals surface area contributed by atoms with Gasteiger partial charge in [-0.3, -0.25) is 4.57 Å². The van der Waals surface area contributed by atoms with E-state index in [0.29, 0.717) is 41.9 Å². The van der Waals surface area contributed by atoms with E-state index >= 15 is 0 Å². The molecule has 0 unspecified atom stereocenters. The van der Waals surface area contributed by atoms with Crippen LogP contribution in [0.2, 0.25) is 0 Å². The number of carboxylic acids is 1. The van der Waals surface area contributed by atoms with Crippen LogP contribution in [0.15, 0.2) is 43.1 Å². The minimum absolute atomic E-state index is 0.0531. The topological polar surface area (TPSA) is 145 Å². The molecule has 2 fully saturated rings. The number of carboxylic acid groups (broad SMARTS) is 1. The van der Waals surface area contributed by atoms with Gasteiger partial charge in [-0.25, -0.2) is 19.4 Å². The van der Waals surface area contributed by atoms with Crippen LogP contribution >= 0.6 is 0 Å². The number of fused-ring (bicyclic) bond motifs is 2. The maximum absolute atomic E-state index is 13.0. The molecule has 0 bridgehead atoms. The molecule has 1 saturated heterocycles. The first-order valence-corrected chi connectivity index (χ1v) is 10.3. The van der Waals surface area contributed by atoms with Crippen molar-refractivity contribution in [2.24, 2.45) is 11.7 Å². The lowest BCUT2D eigenvalue weighted by Crippen LogP contribution is -2.45. The van der Waals surface area contributed by atoms with Gasteiger partial charge in [0.25, 0.3) is 0 Å². The van der Waals surface area contributed by atoms with E-state index in [4.69, 9.17) is 10.5 Å². The quantitative estimate of drug-likeness (QED) is 0.536. The summed E-state index contributed by atoms with van der Waals surface area (Å²) in [5.41, 5.74) is 6.36. The van der Waals surface area contributed by atoms with Crippen LogP contribution in [0.25, 0.3) is 10.9 Å². The fourth-order valence-electron chi connectivity index (χ4n) is 4.42. The summed E-state index contributed by atoms with van der Waals surface area (Å²) < 4.78 is 8.93. The van der Waals surface area contributed by atoms with Gasteiger partial charge in [0.1, 0.15) is 18.4 Å². The van der Waals surface area contributed by atoms with Crippen LogP contribution in [-0.2, 0) is 11.3 Å². The molecule has 3 atom stereocenters. The lowest BCUT2D eigenvalue weighted by molar-refractivity contribution is -0.141. The van der Waals surface area contributed by atoms with Gasteiger partial charge in [0.15, 0.2) is 0 Å². The van der Waals surface area contributed by atoms with E-state index in [0.717, 1.165) is 6.42 Å². The highest BCUT2D eigenvalue weighted by Gasteiger charge is 2.56. The van der Waals surface area contributed by atoms with E-state index < -0.39 is 24.1 Å². The smallest absolute Gasteiger partial charge is 0.326 e. The highest BCUT2D eigenvalue weighted by molar-refractivity contribution is 6.05. The molecule has 1 saturated carbocycles. The molecule has 3 aromatic rings. The Hall–Kier alpha value is -4.02. The van der Waals surface area contributed by atoms with Crippen molar-refractivity contribution in [2.75, 3.05) is 11.9 Å². The van der Waals surface area contributed by atoms with Crippen LogP contribution in [0, 0.1) is 5.92 Å². The number of likely N-dealkylation sites (tertiary alicyclic amines) is 1. The Balaban J connectivity index is 1.39. The zero-order chi connectivity index (χ0) is 22.4. The second kappa shape index (κ2) is 7.59. The van der Waals surface area contributed by atoms with Gasteiger partial charge in [-0.15, -0.1) is 0 Å². The molecule has 4 N–H and O–H groups in total. The van der Waals surface area contributed by atoms with E-state index in [2.05, 4.69) is 10.3 Å². The second-order valence-corrected chi connectivity index (χ2v) is 8.07. The lowest BCUT2D eigenvalue weighted by Gasteiger charge is -2.24. The first kappa shape index (κ1) is 19.9. The molecule has 0 radical (unpaired) electrons. The molecule has 1 aliphatic heterocycles. The molecule has 2 aromatic heterocycles. The number of nitrogens with two attached hydrogens (primary N) is 1. The van der Waals surface area contributed by atoms with Gasteiger partial charge >= 0.3 is 18.0 Å². The number of imidazole rings is 1. The molecule has 1 aliphatic carbocycles. The summed E-state index contributed by atoms with van der Waals surface area (Å²) in [5, 5.41) is 12.8. The van der Waals surface area contributed by atoms with Gasteiger partial charge in [-0.1, -0.05) is 0 Å². The van der Waals surface area contributed by atoms with Crippen molar-refractivity contribution in [1.82, 2.24) is 19.0 Å². The molecule has 0 spiro atoms. The molecule has 32 heavy (non-hydrogen) atoms. The number of ether oxygens (including phenoxy) is 1. The summed E-state index contributed by atoms with van der Waals surface area (Å²) in [4.78, 5) is 41.8. The number of hydrogen-bond acceptors (Lipinski definition) is 5. The molecule has 11 nitrogen and oxygen atoms in total. The monoisotopic (exact) mass is 438 g/mol. The number of aliphatic carboxylic acids is 1. The fraction of sp³-hybridized carbons (Fsp3) is 0.333. The summed E-state index contributed by atoms with van der Waals surface area (Å²) in [6.45, 7) is 1.01. The number of nitrogens with one attached hydrogen (secondary N) is 1. The Bertz CT molecular complexity index is 1200. The number of rotatable bonds is 6. The van der Waals surface area contributed by atoms with Crippen molar-refractivity contribution in [3.05, 3.63) is 43.1 Å². The number of hydrogen-bond donors (Lipinski definition) is 3. The predicted molar refractivity (Wildman–Crippen MR) is 113 cm³/mol. The minimum Gasteiger partial charge on any atom is -0.492 e. The number of amides is 3. The van der Waals surface area contributed by atoms with Crippen LogP contribution in [0.5, 0.6) is 5.75 Å². The highest BCUT2D eigenvalue weighted by atomic mass is 16.5. The Morgan fingerprint density at radius 2 is 2.12 bits per heavy atom. The van der Waals surface area contributed by atoms with E-state index in [9.17, 15) is 19.5 Å². The van der Waals surface area contributed by atoms with Crippen LogP contribution in [0.4, 0.5) is 15.3 Å². The number of urea groups is 1. The largest absolute Gasteiger partial charge is 0.492 e. The van der Waals surface area contributed by atoms with E-state index in [1.165, 1.54) is 15.7 Å². The number of carbonyl (C=O) groups excluding carboxylic acids is 2. The molecule has 5 rings (SSSR count). The standard InChI is InChI=1S/C21H22N6O5/c22-20(30)26-10-15(24-21(31)27-17-7-12(17)8-18(27)19(28)29)14-9-13(1-2-16(14)26)32-6-5-25-4-3-23-11-25/h1-4,9-12,17-18H,5-8H2,(H2,22,30)(H,24,31)(H,28,29)/t12-,17-,18+/m1/s1. The van der Waals surface area contributed by atoms with Crippen molar-refractivity contribution in [3.63, 3.8) is 0 Å². The van der Waals surface area contributed by atoms with Gasteiger partial charge in [0.2, 0.25) is 0 Å². The van der Waals surface area contributed by atoms with Gasteiger partial charge in [-0.05, 0) is 37.0 Å². The van der Waals surface area contributed by atoms with Crippen LogP contribution in [0.3, 0.4) is 0 Å². The average Bonchev–Trinajstić information content (AvgIpc) is 3.12. The third-order valence-corrected chi connectivity index (χ3v) is 6.06. The average molecular weight is 438 g/mol. The van der Waals surface area contributed by atoms with E-state index in [-0.39, 0.29) is 12.0 Å². The SMILES string of the molecule is NC(=O)n1cc(NC(=O)N2[C@@H]3C[C@@H]3C[C@H]2C(=O)O)c2cc(OCCn3ccnc3)ccc21. The number of anilines is 1. The zero-order valence-corrected chi connectivity index (χ0v) is 17.0.